The van der Waals surface area contributed by atoms with E-state index in [2.05, 4.69) is 38.3 Å². The van der Waals surface area contributed by atoms with E-state index in [4.69, 9.17) is 10.5 Å². The summed E-state index contributed by atoms with van der Waals surface area (Å²) in [6, 6.07) is 5.21. The quantitative estimate of drug-likeness (QED) is 0.449. The molecular weight excluding hydrogens is 442 g/mol. The topological polar surface area (TPSA) is 95.1 Å². The van der Waals surface area contributed by atoms with Crippen molar-refractivity contribution >= 4 is 39.5 Å². The summed E-state index contributed by atoms with van der Waals surface area (Å²) in [5.41, 5.74) is 7.68. The molecule has 3 N–H and O–H groups in total. The Balaban J connectivity index is 2.12. The van der Waals surface area contributed by atoms with Gasteiger partial charge >= 0.3 is 0 Å². The number of thioether (sulfide) groups is 1. The molecule has 1 aliphatic rings. The molecule has 0 saturated carbocycles. The van der Waals surface area contributed by atoms with Gasteiger partial charge in [0.05, 0.1) is 12.2 Å². The zero-order valence-electron chi connectivity index (χ0n) is 16.2. The summed E-state index contributed by atoms with van der Waals surface area (Å²) in [7, 11) is 0. The van der Waals surface area contributed by atoms with Gasteiger partial charge in [-0.05, 0) is 38.5 Å². The van der Waals surface area contributed by atoms with E-state index in [0.29, 0.717) is 34.7 Å². The molecular formula is C19H24BrN5O2S. The van der Waals surface area contributed by atoms with Gasteiger partial charge in [-0.25, -0.2) is 4.68 Å². The van der Waals surface area contributed by atoms with Crippen LogP contribution in [0.1, 0.15) is 45.2 Å². The number of aromatic nitrogens is 3. The van der Waals surface area contributed by atoms with Crippen molar-refractivity contribution in [2.75, 3.05) is 17.7 Å². The Bertz CT molecular complexity index is 912. The zero-order valence-corrected chi connectivity index (χ0v) is 18.6. The van der Waals surface area contributed by atoms with Gasteiger partial charge in [-0.2, -0.15) is 4.98 Å². The number of fused-ring (bicyclic) bond motifs is 1. The first kappa shape index (κ1) is 20.7. The number of rotatable bonds is 8. The third kappa shape index (κ3) is 4.20. The molecule has 1 atom stereocenters. The Hall–Kier alpha value is -2.00. The molecule has 0 saturated heterocycles. The maximum absolute atomic E-state index is 12.3. The number of nitrogens with two attached hydrogens (primary N) is 1. The maximum Gasteiger partial charge on any atom is 0.248 e. The Morgan fingerprint density at radius 2 is 2.21 bits per heavy atom. The number of amides is 1. The summed E-state index contributed by atoms with van der Waals surface area (Å²) in [6.45, 7) is 6.41. The summed E-state index contributed by atoms with van der Waals surface area (Å²) < 4.78 is 8.43. The second-order valence-corrected chi connectivity index (χ2v) is 8.39. The van der Waals surface area contributed by atoms with Gasteiger partial charge in [0.15, 0.2) is 0 Å². The van der Waals surface area contributed by atoms with Crippen molar-refractivity contribution in [2.24, 2.45) is 5.73 Å². The molecule has 150 valence electrons. The summed E-state index contributed by atoms with van der Waals surface area (Å²) in [5, 5.41) is 8.52. The van der Waals surface area contributed by atoms with Crippen molar-refractivity contribution in [2.45, 2.75) is 44.8 Å². The number of carbonyl (C=O) groups excluding carboxylic acids is 1. The highest BCUT2D eigenvalue weighted by Gasteiger charge is 2.35. The third-order valence-corrected chi connectivity index (χ3v) is 5.81. The molecule has 28 heavy (non-hydrogen) atoms. The molecule has 0 radical (unpaired) electrons. The fourth-order valence-corrected chi connectivity index (χ4v) is 4.42. The fourth-order valence-electron chi connectivity index (χ4n) is 3.13. The number of anilines is 1. The van der Waals surface area contributed by atoms with Gasteiger partial charge in [-0.3, -0.25) is 4.79 Å². The molecule has 1 aliphatic heterocycles. The number of hydrogen-bond donors (Lipinski definition) is 2. The van der Waals surface area contributed by atoms with E-state index in [1.54, 1.807) is 16.4 Å². The first-order valence-electron chi connectivity index (χ1n) is 9.25. The van der Waals surface area contributed by atoms with E-state index in [1.807, 2.05) is 32.0 Å². The SMILES string of the molecule is CCCCSc1nc2n(n1)C(c1cc(Br)ccc1OCC)C(C(N)=O)=C(C)N2. The molecule has 2 aromatic rings. The lowest BCUT2D eigenvalue weighted by molar-refractivity contribution is -0.115. The number of ether oxygens (including phenoxy) is 1. The van der Waals surface area contributed by atoms with Gasteiger partial charge in [0.1, 0.15) is 11.8 Å². The van der Waals surface area contributed by atoms with Crippen LogP contribution in [0.2, 0.25) is 0 Å². The lowest BCUT2D eigenvalue weighted by Crippen LogP contribution is -2.32. The van der Waals surface area contributed by atoms with E-state index in [1.165, 1.54) is 0 Å². The lowest BCUT2D eigenvalue weighted by Gasteiger charge is -2.28. The monoisotopic (exact) mass is 465 g/mol. The van der Waals surface area contributed by atoms with Gasteiger partial charge in [-0.1, -0.05) is 41.0 Å². The van der Waals surface area contributed by atoms with Gasteiger partial charge in [0.25, 0.3) is 0 Å². The molecule has 0 aliphatic carbocycles. The molecule has 0 bridgehead atoms. The van der Waals surface area contributed by atoms with E-state index < -0.39 is 11.9 Å². The van der Waals surface area contributed by atoms with Crippen LogP contribution in [0.3, 0.4) is 0 Å². The van der Waals surface area contributed by atoms with Crippen LogP contribution < -0.4 is 15.8 Å². The molecule has 0 fully saturated rings. The zero-order chi connectivity index (χ0) is 20.3. The average molecular weight is 466 g/mol. The first-order chi connectivity index (χ1) is 13.5. The van der Waals surface area contributed by atoms with E-state index in [-0.39, 0.29) is 0 Å². The van der Waals surface area contributed by atoms with E-state index in [0.717, 1.165) is 28.6 Å². The predicted molar refractivity (Wildman–Crippen MR) is 115 cm³/mol. The van der Waals surface area contributed by atoms with Gasteiger partial charge in [0.2, 0.25) is 17.0 Å². The van der Waals surface area contributed by atoms with Crippen molar-refractivity contribution < 1.29 is 9.53 Å². The van der Waals surface area contributed by atoms with Gasteiger partial charge in [-0.15, -0.1) is 5.10 Å². The first-order valence-corrected chi connectivity index (χ1v) is 11.0. The number of allylic oxidation sites excluding steroid dienone is 1. The number of nitrogens with zero attached hydrogens (tertiary/aromatic N) is 3. The molecule has 9 heteroatoms. The Morgan fingerprint density at radius 3 is 2.89 bits per heavy atom. The number of primary amides is 1. The second kappa shape index (κ2) is 9.00. The van der Waals surface area contributed by atoms with Crippen LogP contribution in [0, 0.1) is 0 Å². The van der Waals surface area contributed by atoms with Crippen LogP contribution >= 0.6 is 27.7 Å². The van der Waals surface area contributed by atoms with Gasteiger partial charge < -0.3 is 15.8 Å². The smallest absolute Gasteiger partial charge is 0.248 e. The molecule has 1 unspecified atom stereocenters. The highest BCUT2D eigenvalue weighted by atomic mass is 79.9. The molecule has 3 rings (SSSR count). The minimum Gasteiger partial charge on any atom is -0.494 e. The van der Waals surface area contributed by atoms with Crippen LogP contribution in [0.15, 0.2) is 39.1 Å². The van der Waals surface area contributed by atoms with Crippen LogP contribution in [-0.2, 0) is 4.79 Å². The Labute approximate surface area is 177 Å². The van der Waals surface area contributed by atoms with Crippen molar-refractivity contribution in [1.29, 1.82) is 0 Å². The normalized spacial score (nSPS) is 15.9. The fraction of sp³-hybridized carbons (Fsp3) is 0.421. The number of halogens is 1. The molecule has 1 aromatic heterocycles. The summed E-state index contributed by atoms with van der Waals surface area (Å²) in [6.07, 6.45) is 2.21. The van der Waals surface area contributed by atoms with Crippen LogP contribution in [-0.4, -0.2) is 33.0 Å². The second-order valence-electron chi connectivity index (χ2n) is 6.41. The van der Waals surface area contributed by atoms with Crippen LogP contribution in [0.5, 0.6) is 5.75 Å². The third-order valence-electron chi connectivity index (χ3n) is 4.39. The van der Waals surface area contributed by atoms with Crippen molar-refractivity contribution in [3.8, 4) is 5.75 Å². The largest absolute Gasteiger partial charge is 0.494 e. The van der Waals surface area contributed by atoms with Crippen molar-refractivity contribution in [3.63, 3.8) is 0 Å². The standard InChI is InChI=1S/C19H24BrN5O2S/c1-4-6-9-28-19-23-18-22-11(3)15(17(21)26)16(25(18)24-19)13-10-12(20)7-8-14(13)27-5-2/h7-8,10,16H,4-6,9H2,1-3H3,(H2,21,26)(H,22,23,24). The summed E-state index contributed by atoms with van der Waals surface area (Å²) >= 11 is 5.13. The summed E-state index contributed by atoms with van der Waals surface area (Å²) in [4.78, 5) is 16.9. The molecule has 1 aromatic carbocycles. The molecule has 2 heterocycles. The minimum atomic E-state index is -0.513. The number of benzene rings is 1. The van der Waals surface area contributed by atoms with Crippen LogP contribution in [0.4, 0.5) is 5.95 Å². The highest BCUT2D eigenvalue weighted by Crippen LogP contribution is 2.40. The summed E-state index contributed by atoms with van der Waals surface area (Å²) in [5.74, 6) is 1.72. The van der Waals surface area contributed by atoms with E-state index in [9.17, 15) is 4.79 Å². The predicted octanol–water partition coefficient (Wildman–Crippen LogP) is 4.11. The lowest BCUT2D eigenvalue weighted by atomic mass is 9.94. The molecule has 0 spiro atoms. The van der Waals surface area contributed by atoms with Crippen LogP contribution in [0.25, 0.3) is 0 Å². The minimum absolute atomic E-state index is 0.446. The number of nitrogens with one attached hydrogen (secondary N) is 1. The number of hydrogen-bond acceptors (Lipinski definition) is 6. The average Bonchev–Trinajstić information content (AvgIpc) is 3.04. The van der Waals surface area contributed by atoms with E-state index >= 15 is 0 Å². The van der Waals surface area contributed by atoms with Gasteiger partial charge in [0, 0.05) is 21.5 Å². The molecule has 1 amide bonds. The highest BCUT2D eigenvalue weighted by molar-refractivity contribution is 9.10. The molecule has 7 nitrogen and oxygen atoms in total. The Morgan fingerprint density at radius 1 is 1.43 bits per heavy atom. The van der Waals surface area contributed by atoms with Crippen molar-refractivity contribution in [3.05, 3.63) is 39.5 Å². The van der Waals surface area contributed by atoms with Crippen molar-refractivity contribution in [1.82, 2.24) is 14.8 Å². The number of unbranched alkanes of at least 4 members (excludes halogenated alkanes) is 1. The number of carbonyl (C=O) groups is 1. The maximum atomic E-state index is 12.3. The Kier molecular flexibility index (Phi) is 6.66.